The fraction of sp³-hybridized carbons (Fsp3) is 0.400. The minimum Gasteiger partial charge on any atom is -0.469 e. The molecule has 0 fully saturated rings. The van der Waals surface area contributed by atoms with E-state index < -0.39 is 12.4 Å². The molecule has 0 aliphatic heterocycles. The van der Waals surface area contributed by atoms with Gasteiger partial charge in [0.1, 0.15) is 5.69 Å². The quantitative estimate of drug-likeness (QED) is 0.427. The van der Waals surface area contributed by atoms with E-state index in [0.717, 1.165) is 3.57 Å². The summed E-state index contributed by atoms with van der Waals surface area (Å²) >= 11 is 5.17. The van der Waals surface area contributed by atoms with Crippen LogP contribution in [0.2, 0.25) is 0 Å². The molecule has 0 unspecified atom stereocenters. The van der Waals surface area contributed by atoms with Crippen LogP contribution in [0.3, 0.4) is 0 Å². The summed E-state index contributed by atoms with van der Waals surface area (Å²) in [6.07, 6.45) is -2.90. The highest BCUT2D eigenvalue weighted by molar-refractivity contribution is 14.1. The highest BCUT2D eigenvalue weighted by Gasteiger charge is 2.19. The minimum absolute atomic E-state index is 0.193. The van der Waals surface area contributed by atoms with Crippen molar-refractivity contribution in [1.82, 2.24) is 4.98 Å². The molecule has 0 radical (unpaired) electrons. The van der Waals surface area contributed by atoms with Crippen LogP contribution in [0.25, 0.3) is 0 Å². The number of nitrogens with zero attached hydrogens (tertiary/aromatic N) is 1. The van der Waals surface area contributed by atoms with E-state index in [1.54, 1.807) is 6.07 Å². The molecule has 1 aromatic rings. The molecule has 94 valence electrons. The molecule has 1 rings (SSSR count). The van der Waals surface area contributed by atoms with Crippen molar-refractivity contribution in [2.75, 3.05) is 7.11 Å². The topological polar surface area (TPSA) is 39.2 Å². The number of hydrogen-bond donors (Lipinski definition) is 0. The van der Waals surface area contributed by atoms with Crippen molar-refractivity contribution >= 4 is 44.5 Å². The number of hydrogen-bond acceptors (Lipinski definition) is 3. The summed E-state index contributed by atoms with van der Waals surface area (Å²) < 4.78 is 30.8. The van der Waals surface area contributed by atoms with Crippen molar-refractivity contribution < 1.29 is 18.3 Å². The zero-order valence-electron chi connectivity index (χ0n) is 8.84. The van der Waals surface area contributed by atoms with Gasteiger partial charge in [0.25, 0.3) is 6.43 Å². The van der Waals surface area contributed by atoms with Crippen molar-refractivity contribution in [2.24, 2.45) is 0 Å². The van der Waals surface area contributed by atoms with Crippen molar-refractivity contribution in [2.45, 2.75) is 18.2 Å². The minimum atomic E-state index is -2.70. The first-order chi connectivity index (χ1) is 7.99. The van der Waals surface area contributed by atoms with Crippen LogP contribution in [0.5, 0.6) is 0 Å². The molecule has 0 spiro atoms. The Morgan fingerprint density at radius 2 is 2.29 bits per heavy atom. The third-order valence-corrected chi connectivity index (χ3v) is 3.52. The lowest BCUT2D eigenvalue weighted by atomic mass is 10.1. The van der Waals surface area contributed by atoms with Gasteiger partial charge in [-0.15, -0.1) is 0 Å². The van der Waals surface area contributed by atoms with Gasteiger partial charge in [-0.2, -0.15) is 0 Å². The fourth-order valence-corrected chi connectivity index (χ4v) is 2.87. The van der Waals surface area contributed by atoms with Crippen LogP contribution in [-0.2, 0) is 21.3 Å². The van der Waals surface area contributed by atoms with Crippen LogP contribution >= 0.6 is 38.5 Å². The first kappa shape index (κ1) is 14.7. The number of alkyl halides is 3. The summed E-state index contributed by atoms with van der Waals surface area (Å²) in [4.78, 5) is 15.0. The third kappa shape index (κ3) is 3.84. The molecule has 0 N–H and O–H groups in total. The Hall–Kier alpha value is -0.310. The van der Waals surface area contributed by atoms with E-state index >= 15 is 0 Å². The molecule has 0 atom stereocenters. The SMILES string of the molecule is COC(=O)Cc1cc(I)c(CBr)nc1C(F)F. The summed E-state index contributed by atoms with van der Waals surface area (Å²) in [5.41, 5.74) is 0.390. The number of methoxy groups -OCH3 is 1. The van der Waals surface area contributed by atoms with Crippen LogP contribution in [0.4, 0.5) is 8.78 Å². The molecule has 0 amide bonds. The summed E-state index contributed by atoms with van der Waals surface area (Å²) in [7, 11) is 1.22. The number of pyridine rings is 1. The van der Waals surface area contributed by atoms with Gasteiger partial charge < -0.3 is 4.74 Å². The fourth-order valence-electron chi connectivity index (χ4n) is 1.23. The summed E-state index contributed by atoms with van der Waals surface area (Å²) in [5.74, 6) is -0.559. The number of rotatable bonds is 4. The lowest BCUT2D eigenvalue weighted by Gasteiger charge is -2.10. The van der Waals surface area contributed by atoms with Gasteiger partial charge in [-0.1, -0.05) is 15.9 Å². The molecule has 3 nitrogen and oxygen atoms in total. The Morgan fingerprint density at radius 3 is 2.76 bits per heavy atom. The van der Waals surface area contributed by atoms with Crippen LogP contribution in [-0.4, -0.2) is 18.1 Å². The number of esters is 1. The summed E-state index contributed by atoms with van der Waals surface area (Å²) in [6.45, 7) is 0. The van der Waals surface area contributed by atoms with Gasteiger partial charge in [-0.05, 0) is 34.2 Å². The lowest BCUT2D eigenvalue weighted by molar-refractivity contribution is -0.139. The Bertz CT molecular complexity index is 429. The van der Waals surface area contributed by atoms with Gasteiger partial charge >= 0.3 is 5.97 Å². The predicted molar refractivity (Wildman–Crippen MR) is 70.3 cm³/mol. The number of aromatic nitrogens is 1. The maximum absolute atomic E-state index is 12.8. The van der Waals surface area contributed by atoms with Crippen LogP contribution in [0.1, 0.15) is 23.4 Å². The van der Waals surface area contributed by atoms with E-state index in [1.165, 1.54) is 7.11 Å². The van der Waals surface area contributed by atoms with E-state index in [4.69, 9.17) is 0 Å². The molecule has 0 aliphatic carbocycles. The van der Waals surface area contributed by atoms with Gasteiger partial charge in [0.05, 0.1) is 19.2 Å². The Balaban J connectivity index is 3.18. The number of halogens is 4. The highest BCUT2D eigenvalue weighted by atomic mass is 127. The Kier molecular flexibility index (Phi) is 5.71. The summed E-state index contributed by atoms with van der Waals surface area (Å²) in [6, 6.07) is 1.54. The molecule has 1 aromatic heterocycles. The average Bonchev–Trinajstić information content (AvgIpc) is 2.28. The first-order valence-electron chi connectivity index (χ1n) is 4.58. The largest absolute Gasteiger partial charge is 0.469 e. The maximum Gasteiger partial charge on any atom is 0.310 e. The molecule has 0 aliphatic rings. The van der Waals surface area contributed by atoms with Crippen molar-refractivity contribution in [3.8, 4) is 0 Å². The second kappa shape index (κ2) is 6.58. The molecule has 1 heterocycles. The highest BCUT2D eigenvalue weighted by Crippen LogP contribution is 2.25. The molecule has 7 heteroatoms. The van der Waals surface area contributed by atoms with Crippen LogP contribution in [0, 0.1) is 3.57 Å². The number of ether oxygens (including phenoxy) is 1. The lowest BCUT2D eigenvalue weighted by Crippen LogP contribution is -2.10. The Morgan fingerprint density at radius 1 is 1.65 bits per heavy atom. The predicted octanol–water partition coefficient (Wildman–Crippen LogP) is 3.23. The molecule has 17 heavy (non-hydrogen) atoms. The van der Waals surface area contributed by atoms with E-state index in [1.807, 2.05) is 22.6 Å². The molecule has 0 aromatic carbocycles. The smallest absolute Gasteiger partial charge is 0.310 e. The molecule has 0 saturated heterocycles. The van der Waals surface area contributed by atoms with E-state index in [2.05, 4.69) is 25.7 Å². The van der Waals surface area contributed by atoms with Crippen LogP contribution < -0.4 is 0 Å². The molecular formula is C10H9BrF2INO2. The van der Waals surface area contributed by atoms with Crippen molar-refractivity contribution in [1.29, 1.82) is 0 Å². The van der Waals surface area contributed by atoms with Gasteiger partial charge in [0.2, 0.25) is 0 Å². The number of carbonyl (C=O) groups excluding carboxylic acids is 1. The van der Waals surface area contributed by atoms with Gasteiger partial charge in [0.15, 0.2) is 0 Å². The van der Waals surface area contributed by atoms with Crippen LogP contribution in [0.15, 0.2) is 6.07 Å². The van der Waals surface area contributed by atoms with E-state index in [0.29, 0.717) is 11.0 Å². The zero-order valence-corrected chi connectivity index (χ0v) is 12.6. The summed E-state index contributed by atoms with van der Waals surface area (Å²) in [5, 5.41) is 0.392. The molecule has 0 bridgehead atoms. The van der Waals surface area contributed by atoms with Crippen molar-refractivity contribution in [3.05, 3.63) is 26.6 Å². The third-order valence-electron chi connectivity index (χ3n) is 2.06. The normalized spacial score (nSPS) is 10.7. The van der Waals surface area contributed by atoms with Gasteiger partial charge in [-0.25, -0.2) is 13.8 Å². The first-order valence-corrected chi connectivity index (χ1v) is 6.78. The van der Waals surface area contributed by atoms with E-state index in [9.17, 15) is 13.6 Å². The van der Waals surface area contributed by atoms with Gasteiger partial charge in [-0.3, -0.25) is 4.79 Å². The zero-order chi connectivity index (χ0) is 13.0. The monoisotopic (exact) mass is 419 g/mol. The Labute approximate surface area is 119 Å². The van der Waals surface area contributed by atoms with Crippen molar-refractivity contribution in [3.63, 3.8) is 0 Å². The van der Waals surface area contributed by atoms with Gasteiger partial charge in [0, 0.05) is 8.90 Å². The molecular weight excluding hydrogens is 411 g/mol. The number of carbonyl (C=O) groups is 1. The second-order valence-electron chi connectivity index (χ2n) is 3.15. The van der Waals surface area contributed by atoms with E-state index in [-0.39, 0.29) is 17.7 Å². The molecule has 0 saturated carbocycles. The second-order valence-corrected chi connectivity index (χ2v) is 4.87. The average molecular weight is 420 g/mol. The standard InChI is InChI=1S/C10H9BrF2INO2/c1-17-8(16)3-5-2-6(14)7(4-11)15-9(5)10(12)13/h2,10H,3-4H2,1H3. The maximum atomic E-state index is 12.8.